The number of halogens is 2. The summed E-state index contributed by atoms with van der Waals surface area (Å²) in [7, 11) is 0. The molecule has 20 heavy (non-hydrogen) atoms. The highest BCUT2D eigenvalue weighted by Gasteiger charge is 2.17. The van der Waals surface area contributed by atoms with E-state index in [2.05, 4.69) is 15.9 Å². The summed E-state index contributed by atoms with van der Waals surface area (Å²) < 4.78 is 13.3. The van der Waals surface area contributed by atoms with Crippen LogP contribution in [0.25, 0.3) is 0 Å². The Balaban J connectivity index is 2.25. The minimum Gasteiger partial charge on any atom is -0.258 e. The lowest BCUT2D eigenvalue weighted by atomic mass is 10.0. The number of nitro benzene ring substituents is 1. The highest BCUT2D eigenvalue weighted by Crippen LogP contribution is 2.31. The zero-order valence-corrected chi connectivity index (χ0v) is 12.4. The number of aryl methyl sites for hydroxylation is 1. The molecule has 5 heteroatoms. The van der Waals surface area contributed by atoms with Gasteiger partial charge in [-0.05, 0) is 30.5 Å². The number of hydrogen-bond donors (Lipinski definition) is 0. The first-order valence-corrected chi connectivity index (χ1v) is 7.03. The Morgan fingerprint density at radius 1 is 1.30 bits per heavy atom. The Morgan fingerprint density at radius 2 is 2.00 bits per heavy atom. The van der Waals surface area contributed by atoms with Crippen LogP contribution < -0.4 is 0 Å². The average Bonchev–Trinajstić information content (AvgIpc) is 2.42. The molecule has 0 aliphatic rings. The molecule has 0 N–H and O–H groups in total. The predicted molar refractivity (Wildman–Crippen MR) is 79.6 cm³/mol. The van der Waals surface area contributed by atoms with Crippen LogP contribution in [0.15, 0.2) is 42.5 Å². The fraction of sp³-hybridized carbons (Fsp3) is 0.200. The SMILES string of the molecule is Cc1cc(C(Br)Cc2ccccc2[N+](=O)[O-])ccc1F. The fourth-order valence-corrected chi connectivity index (χ4v) is 2.67. The first-order chi connectivity index (χ1) is 9.49. The lowest BCUT2D eigenvalue weighted by molar-refractivity contribution is -0.385. The summed E-state index contributed by atoms with van der Waals surface area (Å²) in [6.45, 7) is 1.70. The highest BCUT2D eigenvalue weighted by atomic mass is 79.9. The third-order valence-electron chi connectivity index (χ3n) is 3.13. The van der Waals surface area contributed by atoms with Crippen molar-refractivity contribution < 1.29 is 9.31 Å². The Hall–Kier alpha value is -1.75. The Kier molecular flexibility index (Phi) is 4.49. The topological polar surface area (TPSA) is 43.1 Å². The molecule has 2 aromatic carbocycles. The first kappa shape index (κ1) is 14.7. The molecule has 1 atom stereocenters. The maximum absolute atomic E-state index is 13.3. The Bertz CT molecular complexity index is 646. The molecule has 104 valence electrons. The van der Waals surface area contributed by atoms with Gasteiger partial charge in [-0.3, -0.25) is 10.1 Å². The fourth-order valence-electron chi connectivity index (χ4n) is 2.04. The molecule has 0 aliphatic carbocycles. The van der Waals surface area contributed by atoms with Gasteiger partial charge in [-0.2, -0.15) is 0 Å². The van der Waals surface area contributed by atoms with Gasteiger partial charge in [0, 0.05) is 16.5 Å². The van der Waals surface area contributed by atoms with E-state index < -0.39 is 0 Å². The predicted octanol–water partition coefficient (Wildman–Crippen LogP) is 4.72. The van der Waals surface area contributed by atoms with Crippen LogP contribution in [-0.4, -0.2) is 4.92 Å². The van der Waals surface area contributed by atoms with E-state index >= 15 is 0 Å². The van der Waals surface area contributed by atoms with Crippen molar-refractivity contribution in [1.82, 2.24) is 0 Å². The molecular weight excluding hydrogens is 325 g/mol. The molecule has 0 aliphatic heterocycles. The largest absolute Gasteiger partial charge is 0.272 e. The zero-order chi connectivity index (χ0) is 14.7. The molecule has 3 nitrogen and oxygen atoms in total. The van der Waals surface area contributed by atoms with E-state index in [1.54, 1.807) is 37.3 Å². The van der Waals surface area contributed by atoms with Gasteiger partial charge < -0.3 is 0 Å². The average molecular weight is 338 g/mol. The lowest BCUT2D eigenvalue weighted by Crippen LogP contribution is -2.00. The molecule has 2 aromatic rings. The smallest absolute Gasteiger partial charge is 0.258 e. The summed E-state index contributed by atoms with van der Waals surface area (Å²) in [5, 5.41) is 11.0. The van der Waals surface area contributed by atoms with Gasteiger partial charge >= 0.3 is 0 Å². The molecule has 0 heterocycles. The van der Waals surface area contributed by atoms with Crippen LogP contribution in [0.2, 0.25) is 0 Å². The second kappa shape index (κ2) is 6.13. The van der Waals surface area contributed by atoms with Crippen LogP contribution >= 0.6 is 15.9 Å². The van der Waals surface area contributed by atoms with E-state index in [1.807, 2.05) is 0 Å². The number of alkyl halides is 1. The first-order valence-electron chi connectivity index (χ1n) is 6.11. The standard InChI is InChI=1S/C15H13BrFNO2/c1-10-8-11(6-7-14(10)17)13(16)9-12-4-2-3-5-15(12)18(19)20/h2-8,13H,9H2,1H3. The van der Waals surface area contributed by atoms with E-state index in [-0.39, 0.29) is 21.3 Å². The quantitative estimate of drug-likeness (QED) is 0.460. The number of benzene rings is 2. The number of rotatable bonds is 4. The van der Waals surface area contributed by atoms with Crippen LogP contribution in [0.5, 0.6) is 0 Å². The monoisotopic (exact) mass is 337 g/mol. The molecule has 2 rings (SSSR count). The minimum atomic E-state index is -0.384. The van der Waals surface area contributed by atoms with Crippen molar-refractivity contribution in [1.29, 1.82) is 0 Å². The van der Waals surface area contributed by atoms with E-state index in [1.165, 1.54) is 12.1 Å². The van der Waals surface area contributed by atoms with Gasteiger partial charge in [-0.1, -0.05) is 46.3 Å². The van der Waals surface area contributed by atoms with Gasteiger partial charge in [0.1, 0.15) is 5.82 Å². The lowest BCUT2D eigenvalue weighted by Gasteiger charge is -2.11. The van der Waals surface area contributed by atoms with E-state index in [9.17, 15) is 14.5 Å². The number of nitro groups is 1. The van der Waals surface area contributed by atoms with Crippen molar-refractivity contribution >= 4 is 21.6 Å². The Labute approximate surface area is 124 Å². The summed E-state index contributed by atoms with van der Waals surface area (Å²) in [5.41, 5.74) is 2.23. The van der Waals surface area contributed by atoms with Crippen LogP contribution in [0, 0.1) is 22.9 Å². The van der Waals surface area contributed by atoms with Gasteiger partial charge in [0.25, 0.3) is 5.69 Å². The van der Waals surface area contributed by atoms with E-state index in [0.29, 0.717) is 17.5 Å². The number of para-hydroxylation sites is 1. The molecule has 0 fully saturated rings. The van der Waals surface area contributed by atoms with Gasteiger partial charge in [0.2, 0.25) is 0 Å². The molecule has 0 bridgehead atoms. The van der Waals surface area contributed by atoms with Gasteiger partial charge in [-0.15, -0.1) is 0 Å². The maximum Gasteiger partial charge on any atom is 0.272 e. The van der Waals surface area contributed by atoms with Gasteiger partial charge in [0.15, 0.2) is 0 Å². The van der Waals surface area contributed by atoms with Crippen molar-refractivity contribution in [3.8, 4) is 0 Å². The molecule has 0 saturated heterocycles. The second-order valence-corrected chi connectivity index (χ2v) is 5.67. The normalized spacial score (nSPS) is 12.2. The molecular formula is C15H13BrFNO2. The van der Waals surface area contributed by atoms with E-state index in [0.717, 1.165) is 5.56 Å². The van der Waals surface area contributed by atoms with Crippen LogP contribution in [0.3, 0.4) is 0 Å². The van der Waals surface area contributed by atoms with Crippen molar-refractivity contribution in [2.45, 2.75) is 18.2 Å². The highest BCUT2D eigenvalue weighted by molar-refractivity contribution is 9.09. The minimum absolute atomic E-state index is 0.0945. The molecule has 1 unspecified atom stereocenters. The number of nitrogens with zero attached hydrogens (tertiary/aromatic N) is 1. The van der Waals surface area contributed by atoms with Crippen molar-refractivity contribution in [3.63, 3.8) is 0 Å². The summed E-state index contributed by atoms with van der Waals surface area (Å²) in [6.07, 6.45) is 0.474. The Morgan fingerprint density at radius 3 is 2.65 bits per heavy atom. The summed E-state index contributed by atoms with van der Waals surface area (Å²) in [6, 6.07) is 11.5. The molecule has 0 saturated carbocycles. The molecule has 0 amide bonds. The molecule has 0 radical (unpaired) electrons. The summed E-state index contributed by atoms with van der Waals surface area (Å²) in [4.78, 5) is 10.5. The van der Waals surface area contributed by atoms with Crippen LogP contribution in [0.1, 0.15) is 21.5 Å². The molecule has 0 spiro atoms. The van der Waals surface area contributed by atoms with Crippen molar-refractivity contribution in [2.75, 3.05) is 0 Å². The molecule has 0 aromatic heterocycles. The zero-order valence-electron chi connectivity index (χ0n) is 10.8. The maximum atomic E-state index is 13.3. The van der Waals surface area contributed by atoms with Gasteiger partial charge in [-0.25, -0.2) is 4.39 Å². The van der Waals surface area contributed by atoms with Crippen LogP contribution in [0.4, 0.5) is 10.1 Å². The third kappa shape index (κ3) is 3.22. The number of hydrogen-bond acceptors (Lipinski definition) is 2. The second-order valence-electron chi connectivity index (χ2n) is 4.57. The van der Waals surface area contributed by atoms with E-state index in [4.69, 9.17) is 0 Å². The third-order valence-corrected chi connectivity index (χ3v) is 3.98. The van der Waals surface area contributed by atoms with Crippen molar-refractivity contribution in [2.24, 2.45) is 0 Å². The van der Waals surface area contributed by atoms with Crippen LogP contribution in [-0.2, 0) is 6.42 Å². The summed E-state index contributed by atoms with van der Waals surface area (Å²) >= 11 is 3.52. The summed E-state index contributed by atoms with van der Waals surface area (Å²) in [5.74, 6) is -0.251. The van der Waals surface area contributed by atoms with Crippen molar-refractivity contribution in [3.05, 3.63) is 75.1 Å². The van der Waals surface area contributed by atoms with Gasteiger partial charge in [0.05, 0.1) is 4.92 Å².